The van der Waals surface area contributed by atoms with Gasteiger partial charge in [-0.3, -0.25) is 9.69 Å². The van der Waals surface area contributed by atoms with Crippen LogP contribution in [0.4, 0.5) is 4.39 Å². The average molecular weight is 414 g/mol. The highest BCUT2D eigenvalue weighted by atomic mass is 32.1. The zero-order valence-electron chi connectivity index (χ0n) is 16.4. The number of piperidine rings is 1. The molecule has 3 heterocycles. The lowest BCUT2D eigenvalue weighted by Gasteiger charge is -2.30. The minimum Gasteiger partial charge on any atom is -0.444 e. The molecular formula is C22H24FN3O2S. The molecule has 1 aromatic carbocycles. The monoisotopic (exact) mass is 413 g/mol. The van der Waals surface area contributed by atoms with Crippen LogP contribution >= 0.6 is 11.3 Å². The molecule has 0 spiro atoms. The maximum atomic E-state index is 13.6. The van der Waals surface area contributed by atoms with Crippen molar-refractivity contribution in [2.24, 2.45) is 5.92 Å². The van der Waals surface area contributed by atoms with Crippen molar-refractivity contribution in [1.29, 1.82) is 0 Å². The minimum atomic E-state index is -0.236. The summed E-state index contributed by atoms with van der Waals surface area (Å²) in [7, 11) is 0. The van der Waals surface area contributed by atoms with Crippen molar-refractivity contribution < 1.29 is 13.6 Å². The molecule has 4 rings (SSSR count). The summed E-state index contributed by atoms with van der Waals surface area (Å²) in [5, 5.41) is 4.95. The largest absolute Gasteiger partial charge is 0.444 e. The maximum Gasteiger partial charge on any atom is 0.236 e. The van der Waals surface area contributed by atoms with Gasteiger partial charge in [-0.1, -0.05) is 18.2 Å². The summed E-state index contributed by atoms with van der Waals surface area (Å²) < 4.78 is 19.2. The van der Waals surface area contributed by atoms with Gasteiger partial charge in [0.2, 0.25) is 11.8 Å². The van der Waals surface area contributed by atoms with Crippen LogP contribution in [-0.2, 0) is 17.9 Å². The Hall–Kier alpha value is -2.51. The van der Waals surface area contributed by atoms with Crippen LogP contribution in [-0.4, -0.2) is 28.9 Å². The van der Waals surface area contributed by atoms with Crippen LogP contribution in [0.15, 0.2) is 46.4 Å². The zero-order valence-corrected chi connectivity index (χ0v) is 17.2. The number of nitrogens with one attached hydrogen (secondary N) is 1. The van der Waals surface area contributed by atoms with Crippen molar-refractivity contribution in [2.75, 3.05) is 13.1 Å². The van der Waals surface area contributed by atoms with Crippen molar-refractivity contribution in [1.82, 2.24) is 15.2 Å². The van der Waals surface area contributed by atoms with E-state index >= 15 is 0 Å². The van der Waals surface area contributed by atoms with Crippen molar-refractivity contribution in [3.05, 3.63) is 64.6 Å². The quantitative estimate of drug-likeness (QED) is 0.652. The standard InChI is InChI=1S/C22H24FN3O2S/c1-15-4-5-16(11-19(15)23)12-24-21(27)17-6-8-26(9-7-17)13-18-14-28-22(25-18)20-3-2-10-29-20/h2-5,10-11,14,17H,6-9,12-13H2,1H3,(H,24,27). The van der Waals surface area contributed by atoms with E-state index in [4.69, 9.17) is 4.42 Å². The van der Waals surface area contributed by atoms with Crippen LogP contribution in [0.3, 0.4) is 0 Å². The SMILES string of the molecule is Cc1ccc(CNC(=O)C2CCN(Cc3coc(-c4cccs4)n3)CC2)cc1F. The van der Waals surface area contributed by atoms with E-state index in [1.54, 1.807) is 30.6 Å². The molecule has 1 saturated heterocycles. The highest BCUT2D eigenvalue weighted by molar-refractivity contribution is 7.13. The third kappa shape index (κ3) is 4.92. The number of benzene rings is 1. The predicted molar refractivity (Wildman–Crippen MR) is 111 cm³/mol. The smallest absolute Gasteiger partial charge is 0.236 e. The Balaban J connectivity index is 1.23. The summed E-state index contributed by atoms with van der Waals surface area (Å²) in [4.78, 5) is 20.4. The van der Waals surface area contributed by atoms with E-state index in [0.29, 0.717) is 18.0 Å². The van der Waals surface area contributed by atoms with Gasteiger partial charge in [-0.2, -0.15) is 0 Å². The summed E-state index contributed by atoms with van der Waals surface area (Å²) in [5.74, 6) is 0.476. The molecular weight excluding hydrogens is 389 g/mol. The molecule has 3 aromatic rings. The number of aromatic nitrogens is 1. The Kier molecular flexibility index (Phi) is 6.06. The number of aryl methyl sites for hydroxylation is 1. The van der Waals surface area contributed by atoms with Crippen LogP contribution in [0.25, 0.3) is 10.8 Å². The van der Waals surface area contributed by atoms with Gasteiger partial charge < -0.3 is 9.73 Å². The molecule has 2 aromatic heterocycles. The second-order valence-electron chi connectivity index (χ2n) is 7.47. The maximum absolute atomic E-state index is 13.6. The molecule has 0 aliphatic carbocycles. The molecule has 0 bridgehead atoms. The van der Waals surface area contributed by atoms with Gasteiger partial charge in [0.15, 0.2) is 0 Å². The Morgan fingerprint density at radius 2 is 2.17 bits per heavy atom. The van der Waals surface area contributed by atoms with Gasteiger partial charge in [0, 0.05) is 19.0 Å². The summed E-state index contributed by atoms with van der Waals surface area (Å²) in [6.45, 7) is 4.51. The number of rotatable bonds is 6. The van der Waals surface area contributed by atoms with Crippen molar-refractivity contribution in [3.8, 4) is 10.8 Å². The third-order valence-corrected chi connectivity index (χ3v) is 6.19. The first-order valence-corrected chi connectivity index (χ1v) is 10.7. The normalized spacial score (nSPS) is 15.5. The first kappa shape index (κ1) is 19.8. The zero-order chi connectivity index (χ0) is 20.2. The lowest BCUT2D eigenvalue weighted by molar-refractivity contribution is -0.126. The molecule has 1 N–H and O–H groups in total. The van der Waals surface area contributed by atoms with Crippen molar-refractivity contribution in [3.63, 3.8) is 0 Å². The molecule has 29 heavy (non-hydrogen) atoms. The Morgan fingerprint density at radius 3 is 2.90 bits per heavy atom. The van der Waals surface area contributed by atoms with Crippen LogP contribution in [0.1, 0.15) is 29.7 Å². The molecule has 0 atom stereocenters. The Bertz CT molecular complexity index is 962. The topological polar surface area (TPSA) is 58.4 Å². The fourth-order valence-corrected chi connectivity index (χ4v) is 4.21. The van der Waals surface area contributed by atoms with Crippen LogP contribution in [0.2, 0.25) is 0 Å². The second-order valence-corrected chi connectivity index (χ2v) is 8.42. The molecule has 0 unspecified atom stereocenters. The third-order valence-electron chi connectivity index (χ3n) is 5.33. The number of hydrogen-bond acceptors (Lipinski definition) is 5. The van der Waals surface area contributed by atoms with Gasteiger partial charge in [0.25, 0.3) is 0 Å². The van der Waals surface area contributed by atoms with E-state index < -0.39 is 0 Å². The predicted octanol–water partition coefficient (Wildman–Crippen LogP) is 4.38. The number of halogens is 1. The van der Waals surface area contributed by atoms with Gasteiger partial charge in [-0.05, 0) is 61.5 Å². The molecule has 152 valence electrons. The molecule has 0 saturated carbocycles. The number of nitrogens with zero attached hydrogens (tertiary/aromatic N) is 2. The number of hydrogen-bond donors (Lipinski definition) is 1. The molecule has 1 aliphatic rings. The van der Waals surface area contributed by atoms with E-state index in [-0.39, 0.29) is 17.6 Å². The van der Waals surface area contributed by atoms with Gasteiger partial charge in [0.1, 0.15) is 12.1 Å². The summed E-state index contributed by atoms with van der Waals surface area (Å²) in [6.07, 6.45) is 3.34. The number of thiophene rings is 1. The number of carbonyl (C=O) groups is 1. The lowest BCUT2D eigenvalue weighted by Crippen LogP contribution is -2.40. The molecule has 1 fully saturated rings. The average Bonchev–Trinajstić information content (AvgIpc) is 3.41. The first-order valence-electron chi connectivity index (χ1n) is 9.82. The molecule has 0 radical (unpaired) electrons. The fourth-order valence-electron chi connectivity index (χ4n) is 3.56. The molecule has 5 nitrogen and oxygen atoms in total. The van der Waals surface area contributed by atoms with Crippen LogP contribution in [0.5, 0.6) is 0 Å². The summed E-state index contributed by atoms with van der Waals surface area (Å²) in [6, 6.07) is 9.05. The molecule has 1 amide bonds. The van der Waals surface area contributed by atoms with E-state index in [1.165, 1.54) is 6.07 Å². The number of likely N-dealkylation sites (tertiary alicyclic amines) is 1. The van der Waals surface area contributed by atoms with E-state index in [2.05, 4.69) is 15.2 Å². The highest BCUT2D eigenvalue weighted by Gasteiger charge is 2.25. The van der Waals surface area contributed by atoms with Crippen molar-refractivity contribution in [2.45, 2.75) is 32.9 Å². The molecule has 7 heteroatoms. The van der Waals surface area contributed by atoms with Crippen LogP contribution < -0.4 is 5.32 Å². The van der Waals surface area contributed by atoms with E-state index in [9.17, 15) is 9.18 Å². The summed E-state index contributed by atoms with van der Waals surface area (Å²) in [5.41, 5.74) is 2.31. The number of amides is 1. The Labute approximate surface area is 173 Å². The molecule has 1 aliphatic heterocycles. The minimum absolute atomic E-state index is 0.000494. The number of oxazole rings is 1. The van der Waals surface area contributed by atoms with Gasteiger partial charge in [-0.15, -0.1) is 11.3 Å². The Morgan fingerprint density at radius 1 is 1.34 bits per heavy atom. The van der Waals surface area contributed by atoms with E-state index in [1.807, 2.05) is 23.6 Å². The van der Waals surface area contributed by atoms with E-state index in [0.717, 1.165) is 48.6 Å². The second kappa shape index (κ2) is 8.88. The van der Waals surface area contributed by atoms with Gasteiger partial charge >= 0.3 is 0 Å². The van der Waals surface area contributed by atoms with Gasteiger partial charge in [-0.25, -0.2) is 9.37 Å². The fraction of sp³-hybridized carbons (Fsp3) is 0.364. The lowest BCUT2D eigenvalue weighted by atomic mass is 9.95. The highest BCUT2D eigenvalue weighted by Crippen LogP contribution is 2.25. The number of carbonyl (C=O) groups excluding carboxylic acids is 1. The summed E-state index contributed by atoms with van der Waals surface area (Å²) >= 11 is 1.61. The first-order chi connectivity index (χ1) is 14.1. The van der Waals surface area contributed by atoms with Gasteiger partial charge in [0.05, 0.1) is 10.6 Å². The van der Waals surface area contributed by atoms with Crippen molar-refractivity contribution >= 4 is 17.2 Å². The van der Waals surface area contributed by atoms with Crippen LogP contribution in [0, 0.1) is 18.7 Å².